The Morgan fingerprint density at radius 3 is 1.64 bits per heavy atom. The zero-order chi connectivity index (χ0) is 44.6. The number of rotatable bonds is 5. The predicted octanol–water partition coefficient (Wildman–Crippen LogP) is 16.2. The summed E-state index contributed by atoms with van der Waals surface area (Å²) in [4.78, 5) is 11.9. The number of ether oxygens (including phenoxy) is 1. The van der Waals surface area contributed by atoms with Crippen molar-refractivity contribution in [1.82, 2.24) is 4.98 Å². The van der Waals surface area contributed by atoms with E-state index in [2.05, 4.69) is 226 Å². The Bertz CT molecular complexity index is 2830. The van der Waals surface area contributed by atoms with Gasteiger partial charge < -0.3 is 19.4 Å². The molecule has 0 N–H and O–H groups in total. The summed E-state index contributed by atoms with van der Waals surface area (Å²) < 4.78 is 6.78. The summed E-state index contributed by atoms with van der Waals surface area (Å²) in [5, 5.41) is 0. The summed E-state index contributed by atoms with van der Waals surface area (Å²) in [5.41, 5.74) is 15.7. The zero-order valence-electron chi connectivity index (χ0n) is 39.3. The van der Waals surface area contributed by atoms with Gasteiger partial charge in [-0.15, -0.1) is 48.3 Å². The van der Waals surface area contributed by atoms with Crippen LogP contribution in [0.1, 0.15) is 105 Å². The third-order valence-electron chi connectivity index (χ3n) is 12.3. The van der Waals surface area contributed by atoms with Gasteiger partial charge in [-0.25, -0.2) is 4.98 Å². The molecule has 1 aromatic heterocycles. The minimum atomic E-state index is -0.109. The van der Waals surface area contributed by atoms with Crippen LogP contribution in [0.15, 0.2) is 134 Å². The summed E-state index contributed by atoms with van der Waals surface area (Å²) in [6, 6.07) is 52.7. The molecule has 2 aliphatic heterocycles. The minimum Gasteiger partial charge on any atom is -0.509 e. The van der Waals surface area contributed by atoms with Crippen LogP contribution in [0, 0.1) is 18.8 Å². The number of anilines is 7. The van der Waals surface area contributed by atoms with Crippen LogP contribution < -0.4 is 19.4 Å². The predicted molar refractivity (Wildman–Crippen MR) is 264 cm³/mol. The van der Waals surface area contributed by atoms with Crippen LogP contribution in [-0.2, 0) is 42.7 Å². The molecule has 6 aromatic carbocycles. The molecule has 0 spiro atoms. The maximum absolute atomic E-state index is 6.78. The maximum Gasteiger partial charge on any atom is 0.135 e. The van der Waals surface area contributed by atoms with Crippen molar-refractivity contribution >= 4 is 39.9 Å². The fourth-order valence-electron chi connectivity index (χ4n) is 8.84. The first-order valence-electron chi connectivity index (χ1n) is 22.2. The summed E-state index contributed by atoms with van der Waals surface area (Å²) >= 11 is 0. The van der Waals surface area contributed by atoms with Crippen LogP contribution in [0.3, 0.4) is 0 Å². The Morgan fingerprint density at radius 1 is 0.484 bits per heavy atom. The SMILES string of the molecule is CC(C)(C)c1ccnc(N2c3[c-]c(Oc4[c-]c(N5[CH-]N(c6c(C(C)(C)C)cc(C(C)(C)C)cc6C(C)(C)C)c6ccccc65)ccc4)ccc3-c3ccccc3-c3ccccc32)c1.[Pt]. The molecule has 7 aromatic rings. The van der Waals surface area contributed by atoms with Gasteiger partial charge in [0.1, 0.15) is 5.82 Å². The van der Waals surface area contributed by atoms with E-state index in [1.54, 1.807) is 0 Å². The van der Waals surface area contributed by atoms with Gasteiger partial charge >= 0.3 is 0 Å². The Kier molecular flexibility index (Phi) is 11.5. The molecule has 0 unspecified atom stereocenters. The van der Waals surface area contributed by atoms with Gasteiger partial charge in [-0.3, -0.25) is 0 Å². The molecule has 3 heterocycles. The fourth-order valence-corrected chi connectivity index (χ4v) is 8.84. The van der Waals surface area contributed by atoms with Crippen LogP contribution in [0.4, 0.5) is 39.9 Å². The van der Waals surface area contributed by atoms with E-state index in [9.17, 15) is 0 Å². The van der Waals surface area contributed by atoms with Crippen molar-refractivity contribution in [3.63, 3.8) is 0 Å². The Hall–Kier alpha value is -5.64. The van der Waals surface area contributed by atoms with E-state index in [0.29, 0.717) is 11.5 Å². The van der Waals surface area contributed by atoms with Gasteiger partial charge in [0.15, 0.2) is 0 Å². The second-order valence-electron chi connectivity index (χ2n) is 21.2. The molecule has 0 bridgehead atoms. The molecule has 0 radical (unpaired) electrons. The van der Waals surface area contributed by atoms with Gasteiger partial charge in [-0.1, -0.05) is 161 Å². The number of hydrogen-bond acceptors (Lipinski definition) is 5. The Labute approximate surface area is 396 Å². The van der Waals surface area contributed by atoms with E-state index in [4.69, 9.17) is 9.72 Å². The number of hydrogen-bond donors (Lipinski definition) is 0. The third-order valence-corrected chi connectivity index (χ3v) is 12.3. The van der Waals surface area contributed by atoms with Crippen LogP contribution >= 0.6 is 0 Å². The summed E-state index contributed by atoms with van der Waals surface area (Å²) in [7, 11) is 0. The smallest absolute Gasteiger partial charge is 0.135 e. The van der Waals surface area contributed by atoms with E-state index < -0.39 is 0 Å². The molecule has 0 atom stereocenters. The summed E-state index contributed by atoms with van der Waals surface area (Å²) in [6.45, 7) is 29.8. The van der Waals surface area contributed by atoms with Crippen molar-refractivity contribution in [2.45, 2.75) is 105 Å². The van der Waals surface area contributed by atoms with E-state index in [1.807, 2.05) is 24.4 Å². The van der Waals surface area contributed by atoms with Gasteiger partial charge in [0.2, 0.25) is 0 Å². The molecule has 2 aliphatic rings. The molecular weight excluding hydrogens is 964 g/mol. The van der Waals surface area contributed by atoms with E-state index in [0.717, 1.165) is 56.5 Å². The van der Waals surface area contributed by atoms with E-state index in [1.165, 1.54) is 27.9 Å². The van der Waals surface area contributed by atoms with Crippen molar-refractivity contribution < 1.29 is 25.8 Å². The third kappa shape index (κ3) is 8.29. The van der Waals surface area contributed by atoms with E-state index >= 15 is 0 Å². The second-order valence-corrected chi connectivity index (χ2v) is 21.2. The van der Waals surface area contributed by atoms with Crippen LogP contribution in [0.5, 0.6) is 11.5 Å². The minimum absolute atomic E-state index is 0. The number of aromatic nitrogens is 1. The maximum atomic E-state index is 6.78. The van der Waals surface area contributed by atoms with Gasteiger partial charge in [0, 0.05) is 61.4 Å². The second kappa shape index (κ2) is 16.4. The first kappa shape index (κ1) is 44.9. The summed E-state index contributed by atoms with van der Waals surface area (Å²) in [5.74, 6) is 2.02. The van der Waals surface area contributed by atoms with Gasteiger partial charge in [0.05, 0.1) is 5.69 Å². The van der Waals surface area contributed by atoms with Crippen molar-refractivity contribution in [2.75, 3.05) is 14.7 Å². The molecule has 330 valence electrons. The van der Waals surface area contributed by atoms with Crippen molar-refractivity contribution in [3.05, 3.63) is 175 Å². The molecule has 0 saturated carbocycles. The number of nitrogens with zero attached hydrogens (tertiary/aromatic N) is 4. The average molecular weight is 1020 g/mol. The van der Waals surface area contributed by atoms with Crippen LogP contribution in [0.25, 0.3) is 22.3 Å². The van der Waals surface area contributed by atoms with Gasteiger partial charge in [0.25, 0.3) is 0 Å². The van der Waals surface area contributed by atoms with Crippen LogP contribution in [-0.4, -0.2) is 4.98 Å². The number of para-hydroxylation sites is 3. The Morgan fingerprint density at radius 2 is 1.03 bits per heavy atom. The molecule has 5 nitrogen and oxygen atoms in total. The number of pyridine rings is 1. The first-order valence-corrected chi connectivity index (χ1v) is 22.2. The molecule has 6 heteroatoms. The Balaban J connectivity index is 0.00000560. The largest absolute Gasteiger partial charge is 0.509 e. The van der Waals surface area contributed by atoms with E-state index in [-0.39, 0.29) is 42.7 Å². The molecular formula is C58H59N4OPt-3. The number of benzene rings is 6. The molecule has 0 saturated heterocycles. The van der Waals surface area contributed by atoms with Gasteiger partial charge in [-0.05, 0) is 79.8 Å². The fraction of sp³-hybridized carbons (Fsp3) is 0.276. The average Bonchev–Trinajstić information content (AvgIpc) is 3.57. The zero-order valence-corrected chi connectivity index (χ0v) is 41.6. The molecule has 64 heavy (non-hydrogen) atoms. The normalized spacial score (nSPS) is 13.7. The molecule has 0 fully saturated rings. The van der Waals surface area contributed by atoms with Crippen molar-refractivity contribution in [2.24, 2.45) is 0 Å². The van der Waals surface area contributed by atoms with Crippen molar-refractivity contribution in [1.29, 1.82) is 0 Å². The molecule has 9 rings (SSSR count). The molecule has 0 aliphatic carbocycles. The first-order chi connectivity index (χ1) is 29.8. The van der Waals surface area contributed by atoms with Gasteiger partial charge in [-0.2, -0.15) is 12.1 Å². The molecule has 0 amide bonds. The quantitative estimate of drug-likeness (QED) is 0.160. The summed E-state index contributed by atoms with van der Waals surface area (Å²) in [6.07, 6.45) is 1.92. The van der Waals surface area contributed by atoms with Crippen LogP contribution in [0.2, 0.25) is 0 Å². The standard InChI is InChI=1S/C58H59N4O.Pt/c1-55(2,3)38-30-31-59-53(34-38)62-49-25-16-15-24-45(49)43-22-13-14-23-44(43)46-29-28-42(36-52(46)62)63-41-21-19-20-40(35-41)60-37-61(51-27-18-17-26-50(51)60)54-47(57(7,8)9)32-39(56(4,5)6)33-48(54)58(10,11)12;/h13-34,37H,1-12H3;/q-3;. The van der Waals surface area contributed by atoms with Crippen molar-refractivity contribution in [3.8, 4) is 33.8 Å². The topological polar surface area (TPSA) is 31.8 Å². The monoisotopic (exact) mass is 1020 g/mol. The number of fused-ring (bicyclic) bond motifs is 6.